The number of allylic oxidation sites excluding steroid dienone is 1. The molecule has 0 aromatic heterocycles. The molecule has 5 aliphatic rings. The van der Waals surface area contributed by atoms with E-state index in [1.165, 1.54) is 62.3 Å². The molecule has 0 radical (unpaired) electrons. The van der Waals surface area contributed by atoms with E-state index < -0.39 is 17.8 Å². The van der Waals surface area contributed by atoms with E-state index in [0.29, 0.717) is 46.9 Å². The lowest BCUT2D eigenvalue weighted by atomic mass is 9.48. The average molecular weight is 635 g/mol. The number of anilines is 1. The van der Waals surface area contributed by atoms with Crippen LogP contribution in [0.1, 0.15) is 67.7 Å². The number of carbonyl (C=O) groups is 3. The van der Waals surface area contributed by atoms with E-state index in [4.69, 9.17) is 9.47 Å². The summed E-state index contributed by atoms with van der Waals surface area (Å²) in [6.07, 6.45) is 11.3. The van der Waals surface area contributed by atoms with Crippen LogP contribution in [0.15, 0.2) is 78.9 Å². The van der Waals surface area contributed by atoms with Gasteiger partial charge in [-0.15, -0.1) is 6.58 Å². The molecule has 4 saturated carbocycles. The lowest BCUT2D eigenvalue weighted by molar-refractivity contribution is -0.122. The van der Waals surface area contributed by atoms with Crippen LogP contribution >= 0.6 is 0 Å². The highest BCUT2D eigenvalue weighted by atomic mass is 19.1. The number of urea groups is 1. The monoisotopic (exact) mass is 634 g/mol. The molecule has 4 aliphatic carbocycles. The Morgan fingerprint density at radius 1 is 0.957 bits per heavy atom. The van der Waals surface area contributed by atoms with E-state index in [1.54, 1.807) is 30.3 Å². The Kier molecular flexibility index (Phi) is 8.20. The van der Waals surface area contributed by atoms with E-state index in [0.717, 1.165) is 22.7 Å². The molecule has 8 heteroatoms. The van der Waals surface area contributed by atoms with Crippen LogP contribution in [0.25, 0.3) is 6.08 Å². The Balaban J connectivity index is 1.17. The van der Waals surface area contributed by atoms with Gasteiger partial charge < -0.3 is 9.47 Å². The van der Waals surface area contributed by atoms with Crippen molar-refractivity contribution in [2.45, 2.75) is 63.9 Å². The first-order valence-corrected chi connectivity index (χ1v) is 16.5. The Hall–Kier alpha value is -4.72. The van der Waals surface area contributed by atoms with Gasteiger partial charge in [0.1, 0.15) is 18.0 Å². The predicted molar refractivity (Wildman–Crippen MR) is 178 cm³/mol. The van der Waals surface area contributed by atoms with Crippen molar-refractivity contribution in [3.05, 3.63) is 107 Å². The molecule has 0 unspecified atom stereocenters. The number of hydrogen-bond donors (Lipinski definition) is 1. The smallest absolute Gasteiger partial charge is 0.335 e. The van der Waals surface area contributed by atoms with Gasteiger partial charge in [-0.2, -0.15) is 0 Å². The second-order valence-electron chi connectivity index (χ2n) is 13.6. The Morgan fingerprint density at radius 3 is 2.30 bits per heavy atom. The van der Waals surface area contributed by atoms with Crippen molar-refractivity contribution in [2.24, 2.45) is 17.8 Å². The zero-order valence-corrected chi connectivity index (χ0v) is 26.6. The number of barbiturate groups is 1. The number of hydrogen-bond acceptors (Lipinski definition) is 5. The third kappa shape index (κ3) is 5.97. The molecule has 1 aliphatic heterocycles. The highest BCUT2D eigenvalue weighted by Gasteiger charge is 2.51. The number of ether oxygens (including phenoxy) is 2. The van der Waals surface area contributed by atoms with E-state index in [9.17, 15) is 18.8 Å². The minimum absolute atomic E-state index is 0.113. The fraction of sp³-hybridized carbons (Fsp3) is 0.359. The van der Waals surface area contributed by atoms with Gasteiger partial charge in [0.25, 0.3) is 11.8 Å². The van der Waals surface area contributed by atoms with Gasteiger partial charge in [-0.3, -0.25) is 14.9 Å². The minimum atomic E-state index is -0.775. The zero-order chi connectivity index (χ0) is 32.7. The number of benzene rings is 3. The lowest BCUT2D eigenvalue weighted by Gasteiger charge is -2.57. The molecule has 4 amide bonds. The van der Waals surface area contributed by atoms with Gasteiger partial charge in [-0.05, 0) is 134 Å². The summed E-state index contributed by atoms with van der Waals surface area (Å²) < 4.78 is 25.8. The van der Waals surface area contributed by atoms with Crippen molar-refractivity contribution in [2.75, 3.05) is 11.5 Å². The normalized spacial score (nSPS) is 25.7. The summed E-state index contributed by atoms with van der Waals surface area (Å²) in [6.45, 7) is 6.15. The SMILES string of the molecule is C=CCc1cc(/C=C2\C(=O)NC(=O)N(c3ccc(C45CC6CC(CC(C6)C4)C5)cc3)C2=O)cc(OCC)c1OCc1cccc(F)c1. The van der Waals surface area contributed by atoms with Crippen LogP contribution < -0.4 is 19.7 Å². The summed E-state index contributed by atoms with van der Waals surface area (Å²) in [7, 11) is 0. The van der Waals surface area contributed by atoms with Crippen LogP contribution in [-0.4, -0.2) is 24.5 Å². The number of halogens is 1. The summed E-state index contributed by atoms with van der Waals surface area (Å²) in [4.78, 5) is 40.9. The molecular formula is C39H39FN2O5. The molecule has 4 bridgehead atoms. The topological polar surface area (TPSA) is 84.9 Å². The number of nitrogens with zero attached hydrogens (tertiary/aromatic N) is 1. The van der Waals surface area contributed by atoms with Crippen LogP contribution in [0.3, 0.4) is 0 Å². The second kappa shape index (κ2) is 12.5. The number of nitrogens with one attached hydrogen (secondary N) is 1. The maximum Gasteiger partial charge on any atom is 0.335 e. The molecule has 8 rings (SSSR count). The van der Waals surface area contributed by atoms with Gasteiger partial charge in [-0.25, -0.2) is 14.1 Å². The van der Waals surface area contributed by atoms with Gasteiger partial charge in [0.15, 0.2) is 11.5 Å². The number of rotatable bonds is 10. The third-order valence-electron chi connectivity index (χ3n) is 10.3. The Labute approximate surface area is 274 Å². The summed E-state index contributed by atoms with van der Waals surface area (Å²) in [6, 6.07) is 16.7. The van der Waals surface area contributed by atoms with Crippen LogP contribution in [0.2, 0.25) is 0 Å². The summed E-state index contributed by atoms with van der Waals surface area (Å²) in [5.74, 6) is 1.47. The third-order valence-corrected chi connectivity index (χ3v) is 10.3. The van der Waals surface area contributed by atoms with Gasteiger partial charge in [0.05, 0.1) is 12.3 Å². The van der Waals surface area contributed by atoms with Crippen molar-refractivity contribution in [1.29, 1.82) is 0 Å². The lowest BCUT2D eigenvalue weighted by Crippen LogP contribution is -2.54. The number of amides is 4. The molecule has 242 valence electrons. The molecular weight excluding hydrogens is 595 g/mol. The van der Waals surface area contributed by atoms with Crippen molar-refractivity contribution in [1.82, 2.24) is 5.32 Å². The number of imide groups is 2. The molecule has 1 saturated heterocycles. The fourth-order valence-corrected chi connectivity index (χ4v) is 8.77. The summed E-state index contributed by atoms with van der Waals surface area (Å²) in [5.41, 5.74) is 3.62. The van der Waals surface area contributed by atoms with Crippen LogP contribution in [0.4, 0.5) is 14.9 Å². The molecule has 3 aromatic rings. The first-order chi connectivity index (χ1) is 22.7. The molecule has 47 heavy (non-hydrogen) atoms. The van der Waals surface area contributed by atoms with Gasteiger partial charge in [0.2, 0.25) is 0 Å². The van der Waals surface area contributed by atoms with Crippen molar-refractivity contribution >= 4 is 29.6 Å². The second-order valence-corrected chi connectivity index (χ2v) is 13.6. The molecule has 5 fully saturated rings. The quantitative estimate of drug-likeness (QED) is 0.141. The molecule has 0 atom stereocenters. The molecule has 0 spiro atoms. The fourth-order valence-electron chi connectivity index (χ4n) is 8.77. The van der Waals surface area contributed by atoms with Gasteiger partial charge in [0, 0.05) is 5.56 Å². The highest BCUT2D eigenvalue weighted by molar-refractivity contribution is 6.39. The van der Waals surface area contributed by atoms with E-state index in [1.807, 2.05) is 19.1 Å². The maximum atomic E-state index is 13.8. The first-order valence-electron chi connectivity index (χ1n) is 16.5. The molecule has 1 heterocycles. The average Bonchev–Trinajstić information content (AvgIpc) is 3.03. The van der Waals surface area contributed by atoms with Crippen molar-refractivity contribution in [3.8, 4) is 11.5 Å². The van der Waals surface area contributed by atoms with Gasteiger partial charge in [-0.1, -0.05) is 30.3 Å². The minimum Gasteiger partial charge on any atom is -0.490 e. The molecule has 7 nitrogen and oxygen atoms in total. The Morgan fingerprint density at radius 2 is 1.66 bits per heavy atom. The van der Waals surface area contributed by atoms with Crippen molar-refractivity contribution < 1.29 is 28.2 Å². The zero-order valence-electron chi connectivity index (χ0n) is 26.6. The van der Waals surface area contributed by atoms with Crippen molar-refractivity contribution in [3.63, 3.8) is 0 Å². The molecule has 3 aromatic carbocycles. The molecule has 1 N–H and O–H groups in total. The number of carbonyl (C=O) groups excluding carboxylic acids is 3. The largest absolute Gasteiger partial charge is 0.490 e. The van der Waals surface area contributed by atoms with Crippen LogP contribution in [0, 0.1) is 23.6 Å². The first kappa shape index (κ1) is 30.9. The maximum absolute atomic E-state index is 13.8. The standard InChI is InChI=1S/C39H39FN2O5/c1-3-6-29-16-25(19-34(46-4-2)35(29)47-23-24-7-5-8-31(40)17-24)18-33-36(43)41-38(45)42(37(33)44)32-11-9-30(10-12-32)39-20-26-13-27(21-39)15-28(14-26)22-39/h3,5,7-12,16-19,26-28H,1,4,6,13-15,20-23H2,2H3,(H,41,43,45)/b33-18+. The summed E-state index contributed by atoms with van der Waals surface area (Å²) in [5, 5.41) is 2.34. The predicted octanol–water partition coefficient (Wildman–Crippen LogP) is 7.67. The van der Waals surface area contributed by atoms with Crippen LogP contribution in [-0.2, 0) is 28.0 Å². The summed E-state index contributed by atoms with van der Waals surface area (Å²) >= 11 is 0. The van der Waals surface area contributed by atoms with E-state index in [-0.39, 0.29) is 23.4 Å². The van der Waals surface area contributed by atoms with E-state index >= 15 is 0 Å². The van der Waals surface area contributed by atoms with Crippen LogP contribution in [0.5, 0.6) is 11.5 Å². The van der Waals surface area contributed by atoms with Gasteiger partial charge >= 0.3 is 6.03 Å². The van der Waals surface area contributed by atoms with E-state index in [2.05, 4.69) is 24.0 Å². The highest BCUT2D eigenvalue weighted by Crippen LogP contribution is 2.60. The Bertz CT molecular complexity index is 1740.